The molecule has 0 aliphatic heterocycles. The number of aromatic nitrogens is 3. The van der Waals surface area contributed by atoms with Gasteiger partial charge in [0.05, 0.1) is 10.6 Å². The van der Waals surface area contributed by atoms with E-state index in [1.54, 1.807) is 12.1 Å². The van der Waals surface area contributed by atoms with E-state index in [-0.39, 0.29) is 5.91 Å². The van der Waals surface area contributed by atoms with E-state index in [2.05, 4.69) is 20.5 Å². The monoisotopic (exact) mass is 236 g/mol. The molecule has 1 amide bonds. The predicted molar refractivity (Wildman–Crippen MR) is 60.5 cm³/mol. The molecule has 0 aromatic carbocycles. The van der Waals surface area contributed by atoms with Gasteiger partial charge < -0.3 is 5.32 Å². The third-order valence-corrected chi connectivity index (χ3v) is 2.29. The molecule has 0 aliphatic rings. The Morgan fingerprint density at radius 1 is 1.56 bits per heavy atom. The van der Waals surface area contributed by atoms with Gasteiger partial charge in [-0.25, -0.2) is 0 Å². The van der Waals surface area contributed by atoms with E-state index in [1.165, 1.54) is 12.4 Å². The number of aryl methyl sites for hydroxylation is 1. The molecule has 16 heavy (non-hydrogen) atoms. The fourth-order valence-corrected chi connectivity index (χ4v) is 1.40. The van der Waals surface area contributed by atoms with Gasteiger partial charge in [-0.1, -0.05) is 11.6 Å². The average molecular weight is 237 g/mol. The van der Waals surface area contributed by atoms with Crippen LogP contribution in [-0.2, 0) is 0 Å². The number of amides is 1. The number of rotatable bonds is 2. The van der Waals surface area contributed by atoms with Crippen LogP contribution in [0.25, 0.3) is 0 Å². The fourth-order valence-electron chi connectivity index (χ4n) is 1.21. The lowest BCUT2D eigenvalue weighted by molar-refractivity contribution is 0.102. The number of pyridine rings is 1. The topological polar surface area (TPSA) is 70.7 Å². The van der Waals surface area contributed by atoms with E-state index in [0.29, 0.717) is 16.4 Å². The maximum Gasteiger partial charge on any atom is 0.259 e. The number of nitrogens with one attached hydrogen (secondary N) is 2. The van der Waals surface area contributed by atoms with Crippen molar-refractivity contribution in [3.05, 3.63) is 40.8 Å². The van der Waals surface area contributed by atoms with Gasteiger partial charge in [0.1, 0.15) is 0 Å². The highest BCUT2D eigenvalue weighted by molar-refractivity contribution is 6.34. The molecule has 2 aromatic rings. The number of carbonyl (C=O) groups is 1. The first-order valence-electron chi connectivity index (χ1n) is 4.59. The van der Waals surface area contributed by atoms with Crippen molar-refractivity contribution in [2.75, 3.05) is 5.32 Å². The molecule has 5 nitrogen and oxygen atoms in total. The predicted octanol–water partition coefficient (Wildman–Crippen LogP) is 2.02. The molecule has 0 spiro atoms. The minimum absolute atomic E-state index is 0.324. The van der Waals surface area contributed by atoms with E-state index in [0.717, 1.165) is 5.69 Å². The van der Waals surface area contributed by atoms with E-state index < -0.39 is 0 Å². The summed E-state index contributed by atoms with van der Waals surface area (Å²) in [6.45, 7) is 1.85. The molecule has 0 saturated carbocycles. The summed E-state index contributed by atoms with van der Waals surface area (Å²) in [4.78, 5) is 15.6. The van der Waals surface area contributed by atoms with Gasteiger partial charge in [0.15, 0.2) is 5.82 Å². The number of hydrogen-bond donors (Lipinski definition) is 2. The molecule has 0 fully saturated rings. The van der Waals surface area contributed by atoms with Crippen LogP contribution < -0.4 is 5.32 Å². The van der Waals surface area contributed by atoms with E-state index >= 15 is 0 Å². The molecule has 6 heteroatoms. The summed E-state index contributed by atoms with van der Waals surface area (Å²) < 4.78 is 0. The molecule has 2 N–H and O–H groups in total. The Labute approximate surface area is 96.8 Å². The van der Waals surface area contributed by atoms with Crippen LogP contribution >= 0.6 is 11.6 Å². The normalized spacial score (nSPS) is 10.1. The van der Waals surface area contributed by atoms with E-state index in [9.17, 15) is 4.79 Å². The van der Waals surface area contributed by atoms with Crippen LogP contribution in [0.5, 0.6) is 0 Å². The van der Waals surface area contributed by atoms with Gasteiger partial charge in [0.2, 0.25) is 0 Å². The molecule has 0 saturated heterocycles. The molecule has 0 bridgehead atoms. The van der Waals surface area contributed by atoms with E-state index in [4.69, 9.17) is 11.6 Å². The van der Waals surface area contributed by atoms with Gasteiger partial charge in [0, 0.05) is 24.2 Å². The Hall–Kier alpha value is -1.88. The maximum atomic E-state index is 11.8. The van der Waals surface area contributed by atoms with Crippen LogP contribution in [0.4, 0.5) is 5.82 Å². The van der Waals surface area contributed by atoms with Crippen molar-refractivity contribution in [1.29, 1.82) is 0 Å². The maximum absolute atomic E-state index is 11.8. The second kappa shape index (κ2) is 4.32. The van der Waals surface area contributed by atoms with Gasteiger partial charge in [0.25, 0.3) is 5.91 Å². The molecule has 0 aliphatic carbocycles. The second-order valence-electron chi connectivity index (χ2n) is 3.25. The van der Waals surface area contributed by atoms with Crippen molar-refractivity contribution < 1.29 is 4.79 Å². The first-order chi connectivity index (χ1) is 7.66. The molecule has 2 aromatic heterocycles. The standard InChI is InChI=1S/C10H9ClN4O/c1-6-4-9(15-14-6)13-10(16)7-5-12-3-2-8(7)11/h2-5H,1H3,(H2,13,14,15,16). The zero-order chi connectivity index (χ0) is 11.5. The van der Waals surface area contributed by atoms with Crippen molar-refractivity contribution in [2.24, 2.45) is 0 Å². The van der Waals surface area contributed by atoms with Crippen LogP contribution in [-0.4, -0.2) is 21.1 Å². The average Bonchev–Trinajstić information content (AvgIpc) is 2.64. The fraction of sp³-hybridized carbons (Fsp3) is 0.100. The first kappa shape index (κ1) is 10.6. The van der Waals surface area contributed by atoms with Gasteiger partial charge in [-0.05, 0) is 13.0 Å². The zero-order valence-electron chi connectivity index (χ0n) is 8.49. The number of anilines is 1. The van der Waals surface area contributed by atoms with Crippen molar-refractivity contribution in [3.63, 3.8) is 0 Å². The lowest BCUT2D eigenvalue weighted by Crippen LogP contribution is -2.13. The second-order valence-corrected chi connectivity index (χ2v) is 3.65. The van der Waals surface area contributed by atoms with Crippen LogP contribution in [0, 0.1) is 6.92 Å². The minimum Gasteiger partial charge on any atom is -0.305 e. The number of hydrogen-bond acceptors (Lipinski definition) is 3. The van der Waals surface area contributed by atoms with Gasteiger partial charge >= 0.3 is 0 Å². The summed E-state index contributed by atoms with van der Waals surface area (Å²) in [5.41, 5.74) is 1.19. The summed E-state index contributed by atoms with van der Waals surface area (Å²) in [6.07, 6.45) is 2.94. The molecule has 0 atom stereocenters. The zero-order valence-corrected chi connectivity index (χ0v) is 9.25. The van der Waals surface area contributed by atoms with Crippen LogP contribution in [0.1, 0.15) is 16.1 Å². The summed E-state index contributed by atoms with van der Waals surface area (Å²) in [5.74, 6) is 0.131. The highest BCUT2D eigenvalue weighted by atomic mass is 35.5. The number of halogens is 1. The van der Waals surface area contributed by atoms with Crippen molar-refractivity contribution in [1.82, 2.24) is 15.2 Å². The van der Waals surface area contributed by atoms with Crippen molar-refractivity contribution in [3.8, 4) is 0 Å². The summed E-state index contributed by atoms with van der Waals surface area (Å²) >= 11 is 5.86. The summed E-state index contributed by atoms with van der Waals surface area (Å²) in [7, 11) is 0. The Balaban J connectivity index is 2.18. The summed E-state index contributed by atoms with van der Waals surface area (Å²) in [5, 5.41) is 9.59. The number of aromatic amines is 1. The lowest BCUT2D eigenvalue weighted by atomic mass is 10.2. The van der Waals surface area contributed by atoms with Crippen molar-refractivity contribution in [2.45, 2.75) is 6.92 Å². The van der Waals surface area contributed by atoms with Crippen LogP contribution in [0.3, 0.4) is 0 Å². The molecule has 82 valence electrons. The van der Waals surface area contributed by atoms with E-state index in [1.807, 2.05) is 6.92 Å². The number of H-pyrrole nitrogens is 1. The van der Waals surface area contributed by atoms with Crippen LogP contribution in [0.2, 0.25) is 5.02 Å². The smallest absolute Gasteiger partial charge is 0.259 e. The molecule has 2 heterocycles. The Morgan fingerprint density at radius 3 is 3.00 bits per heavy atom. The molecular weight excluding hydrogens is 228 g/mol. The number of carbonyl (C=O) groups excluding carboxylic acids is 1. The minimum atomic E-state index is -0.329. The first-order valence-corrected chi connectivity index (χ1v) is 4.97. The molecule has 0 unspecified atom stereocenters. The highest BCUT2D eigenvalue weighted by Gasteiger charge is 2.11. The van der Waals surface area contributed by atoms with Gasteiger partial charge in [-0.3, -0.25) is 14.9 Å². The SMILES string of the molecule is Cc1cc(NC(=O)c2cnccc2Cl)n[nH]1. The molecule has 2 rings (SSSR count). The summed E-state index contributed by atoms with van der Waals surface area (Å²) in [6, 6.07) is 3.29. The Kier molecular flexibility index (Phi) is 2.87. The number of nitrogens with zero attached hydrogens (tertiary/aromatic N) is 2. The van der Waals surface area contributed by atoms with Crippen molar-refractivity contribution >= 4 is 23.3 Å². The largest absolute Gasteiger partial charge is 0.305 e. The third kappa shape index (κ3) is 2.20. The Bertz CT molecular complexity index is 523. The third-order valence-electron chi connectivity index (χ3n) is 1.96. The molecule has 0 radical (unpaired) electrons. The lowest BCUT2D eigenvalue weighted by Gasteiger charge is -2.02. The quantitative estimate of drug-likeness (QED) is 0.838. The van der Waals surface area contributed by atoms with Crippen LogP contribution in [0.15, 0.2) is 24.5 Å². The van der Waals surface area contributed by atoms with Gasteiger partial charge in [-0.15, -0.1) is 0 Å². The molecular formula is C10H9ClN4O. The van der Waals surface area contributed by atoms with Gasteiger partial charge in [-0.2, -0.15) is 5.10 Å². The Morgan fingerprint density at radius 2 is 2.38 bits per heavy atom. The highest BCUT2D eigenvalue weighted by Crippen LogP contribution is 2.15.